The molecule has 0 atom stereocenters. The van der Waals surface area contributed by atoms with Crippen LogP contribution in [0.25, 0.3) is 0 Å². The van der Waals surface area contributed by atoms with Crippen LogP contribution in [0.4, 0.5) is 0 Å². The highest BCUT2D eigenvalue weighted by atomic mass is 32.2. The Morgan fingerprint density at radius 2 is 2.29 bits per heavy atom. The van der Waals surface area contributed by atoms with E-state index in [9.17, 15) is 13.5 Å². The Kier molecular flexibility index (Phi) is 3.56. The number of nitrogens with one attached hydrogen (secondary N) is 1. The van der Waals surface area contributed by atoms with Gasteiger partial charge in [0.2, 0.25) is 15.9 Å². The highest BCUT2D eigenvalue weighted by Crippen LogP contribution is 2.37. The van der Waals surface area contributed by atoms with Crippen molar-refractivity contribution in [3.05, 3.63) is 29.7 Å². The lowest BCUT2D eigenvalue weighted by Gasteiger charge is -2.03. The van der Waals surface area contributed by atoms with Gasteiger partial charge in [0, 0.05) is 24.9 Å². The van der Waals surface area contributed by atoms with Gasteiger partial charge < -0.3 is 14.2 Å². The minimum absolute atomic E-state index is 0.0389. The van der Waals surface area contributed by atoms with E-state index in [1.54, 1.807) is 13.1 Å². The predicted octanol–water partition coefficient (Wildman–Crippen LogP) is 0.485. The topological polar surface area (TPSA) is 110 Å². The monoisotopic (exact) mass is 312 g/mol. The van der Waals surface area contributed by atoms with Crippen LogP contribution in [-0.2, 0) is 23.2 Å². The minimum atomic E-state index is -3.67. The van der Waals surface area contributed by atoms with Gasteiger partial charge in [0.05, 0.1) is 18.0 Å². The van der Waals surface area contributed by atoms with Crippen LogP contribution in [0.1, 0.15) is 36.3 Å². The Hall–Kier alpha value is -1.71. The third-order valence-corrected chi connectivity index (χ3v) is 4.68. The average molecular weight is 312 g/mol. The average Bonchev–Trinajstić information content (AvgIpc) is 3.05. The van der Waals surface area contributed by atoms with Crippen LogP contribution in [0.2, 0.25) is 0 Å². The maximum absolute atomic E-state index is 12.2. The van der Waals surface area contributed by atoms with Crippen LogP contribution in [0.3, 0.4) is 0 Å². The number of hydrogen-bond donors (Lipinski definition) is 2. The molecule has 21 heavy (non-hydrogen) atoms. The van der Waals surface area contributed by atoms with Gasteiger partial charge in [0.15, 0.2) is 5.82 Å². The van der Waals surface area contributed by atoms with Crippen LogP contribution < -0.4 is 4.72 Å². The standard InChI is InChI=1S/C12H16N4O4S/c1-8-14-12(15-20-8)5-13-21(18,19)11-4-10(7-17)16(6-11)9-2-3-9/h4,6,9,13,17H,2-3,5,7H2,1H3. The molecular weight excluding hydrogens is 296 g/mol. The number of rotatable bonds is 6. The van der Waals surface area contributed by atoms with E-state index < -0.39 is 10.0 Å². The van der Waals surface area contributed by atoms with Crippen molar-refractivity contribution in [2.45, 2.75) is 43.9 Å². The van der Waals surface area contributed by atoms with Crippen molar-refractivity contribution in [2.75, 3.05) is 0 Å². The lowest BCUT2D eigenvalue weighted by molar-refractivity contribution is 0.270. The van der Waals surface area contributed by atoms with Crippen LogP contribution in [0.15, 0.2) is 21.7 Å². The van der Waals surface area contributed by atoms with Gasteiger partial charge in [-0.25, -0.2) is 13.1 Å². The lowest BCUT2D eigenvalue weighted by Crippen LogP contribution is -2.23. The lowest BCUT2D eigenvalue weighted by atomic mass is 10.4. The SMILES string of the molecule is Cc1nc(CNS(=O)(=O)c2cc(CO)n(C3CC3)c2)no1. The molecular formula is C12H16N4O4S. The fourth-order valence-electron chi connectivity index (χ4n) is 2.12. The van der Waals surface area contributed by atoms with Crippen molar-refractivity contribution < 1.29 is 18.0 Å². The second-order valence-electron chi connectivity index (χ2n) is 5.02. The van der Waals surface area contributed by atoms with E-state index in [0.29, 0.717) is 17.6 Å². The highest BCUT2D eigenvalue weighted by Gasteiger charge is 2.28. The van der Waals surface area contributed by atoms with Gasteiger partial charge in [-0.15, -0.1) is 0 Å². The summed E-state index contributed by atoms with van der Waals surface area (Å²) in [7, 11) is -3.67. The van der Waals surface area contributed by atoms with E-state index >= 15 is 0 Å². The molecule has 0 saturated heterocycles. The summed E-state index contributed by atoms with van der Waals surface area (Å²) in [5, 5.41) is 12.9. The summed E-state index contributed by atoms with van der Waals surface area (Å²) in [6.45, 7) is 1.41. The van der Waals surface area contributed by atoms with Crippen molar-refractivity contribution >= 4 is 10.0 Å². The molecule has 2 aromatic rings. The minimum Gasteiger partial charge on any atom is -0.390 e. The highest BCUT2D eigenvalue weighted by molar-refractivity contribution is 7.89. The Bertz CT molecular complexity index is 745. The number of hydrogen-bond acceptors (Lipinski definition) is 6. The molecule has 8 nitrogen and oxygen atoms in total. The Morgan fingerprint density at radius 3 is 2.86 bits per heavy atom. The van der Waals surface area contributed by atoms with Crippen LogP contribution in [0, 0.1) is 6.92 Å². The molecule has 1 saturated carbocycles. The summed E-state index contributed by atoms with van der Waals surface area (Å²) in [5.74, 6) is 0.659. The van der Waals surface area contributed by atoms with Crippen LogP contribution >= 0.6 is 0 Å². The second-order valence-corrected chi connectivity index (χ2v) is 6.78. The molecule has 0 spiro atoms. The van der Waals surface area contributed by atoms with Crippen LogP contribution in [0.5, 0.6) is 0 Å². The molecule has 9 heteroatoms. The predicted molar refractivity (Wildman–Crippen MR) is 71.7 cm³/mol. The molecule has 0 bridgehead atoms. The molecule has 114 valence electrons. The zero-order valence-corrected chi connectivity index (χ0v) is 12.3. The number of aliphatic hydroxyl groups is 1. The molecule has 0 aliphatic heterocycles. The van der Waals surface area contributed by atoms with Crippen molar-refractivity contribution in [2.24, 2.45) is 0 Å². The fourth-order valence-corrected chi connectivity index (χ4v) is 3.15. The van der Waals surface area contributed by atoms with Gasteiger partial charge in [-0.2, -0.15) is 4.98 Å². The van der Waals surface area contributed by atoms with Gasteiger partial charge in [-0.3, -0.25) is 0 Å². The fraction of sp³-hybridized carbons (Fsp3) is 0.500. The Labute approximate surface area is 121 Å². The molecule has 2 aromatic heterocycles. The maximum atomic E-state index is 12.2. The molecule has 1 aliphatic carbocycles. The van der Waals surface area contributed by atoms with E-state index in [1.807, 2.05) is 4.57 Å². The van der Waals surface area contributed by atoms with Crippen molar-refractivity contribution in [1.29, 1.82) is 0 Å². The Balaban J connectivity index is 1.77. The van der Waals surface area contributed by atoms with E-state index in [2.05, 4.69) is 14.9 Å². The summed E-state index contributed by atoms with van der Waals surface area (Å²) < 4.78 is 33.5. The molecule has 1 aliphatic rings. The first kappa shape index (κ1) is 14.2. The summed E-state index contributed by atoms with van der Waals surface area (Å²) in [5.41, 5.74) is 0.605. The molecule has 2 N–H and O–H groups in total. The van der Waals surface area contributed by atoms with E-state index in [1.165, 1.54) is 6.07 Å². The summed E-state index contributed by atoms with van der Waals surface area (Å²) in [6.07, 6.45) is 3.58. The van der Waals surface area contributed by atoms with E-state index in [0.717, 1.165) is 12.8 Å². The smallest absolute Gasteiger partial charge is 0.242 e. The van der Waals surface area contributed by atoms with Crippen molar-refractivity contribution in [3.63, 3.8) is 0 Å². The van der Waals surface area contributed by atoms with Crippen molar-refractivity contribution in [3.8, 4) is 0 Å². The number of sulfonamides is 1. The second kappa shape index (κ2) is 5.24. The van der Waals surface area contributed by atoms with Gasteiger partial charge in [0.25, 0.3) is 0 Å². The van der Waals surface area contributed by atoms with E-state index in [4.69, 9.17) is 4.52 Å². The summed E-state index contributed by atoms with van der Waals surface area (Å²) in [4.78, 5) is 4.07. The summed E-state index contributed by atoms with van der Waals surface area (Å²) in [6, 6.07) is 1.79. The molecule has 1 fully saturated rings. The first-order chi connectivity index (χ1) is 9.99. The quantitative estimate of drug-likeness (QED) is 0.803. The number of aromatic nitrogens is 3. The number of aliphatic hydroxyl groups excluding tert-OH is 1. The molecule has 0 radical (unpaired) electrons. The first-order valence-electron chi connectivity index (χ1n) is 6.60. The number of nitrogens with zero attached hydrogens (tertiary/aromatic N) is 3. The molecule has 3 rings (SSSR count). The normalized spacial score (nSPS) is 15.5. The van der Waals surface area contributed by atoms with Gasteiger partial charge >= 0.3 is 0 Å². The summed E-state index contributed by atoms with van der Waals surface area (Å²) >= 11 is 0. The Morgan fingerprint density at radius 1 is 1.52 bits per heavy atom. The molecule has 0 aromatic carbocycles. The zero-order valence-electron chi connectivity index (χ0n) is 11.5. The van der Waals surface area contributed by atoms with E-state index in [-0.39, 0.29) is 23.9 Å². The molecule has 0 unspecified atom stereocenters. The van der Waals surface area contributed by atoms with Crippen LogP contribution in [-0.4, -0.2) is 28.2 Å². The molecule has 0 amide bonds. The first-order valence-corrected chi connectivity index (χ1v) is 8.08. The number of aryl methyl sites for hydroxylation is 1. The van der Waals surface area contributed by atoms with Gasteiger partial charge in [-0.05, 0) is 18.9 Å². The largest absolute Gasteiger partial charge is 0.390 e. The zero-order chi connectivity index (χ0) is 15.0. The third kappa shape index (κ3) is 2.99. The molecule has 2 heterocycles. The third-order valence-electron chi connectivity index (χ3n) is 3.31. The van der Waals surface area contributed by atoms with Gasteiger partial charge in [0.1, 0.15) is 0 Å². The van der Waals surface area contributed by atoms with Gasteiger partial charge in [-0.1, -0.05) is 5.16 Å². The maximum Gasteiger partial charge on any atom is 0.242 e. The van der Waals surface area contributed by atoms with Crippen molar-refractivity contribution in [1.82, 2.24) is 19.4 Å².